The van der Waals surface area contributed by atoms with Crippen molar-refractivity contribution < 1.29 is 9.47 Å². The Morgan fingerprint density at radius 3 is 2.52 bits per heavy atom. The zero-order valence-corrected chi connectivity index (χ0v) is 17.5. The fourth-order valence-electron chi connectivity index (χ4n) is 3.13. The first-order chi connectivity index (χ1) is 14.2. The Labute approximate surface area is 174 Å². The standard InChI is InChI=1S/C24H31N3O2/c1-27(2)16-17-29-24-22(25-18-19-12-14-21(28-3)15-13-19)10-7-11-23(24)26-20-8-5-4-6-9-20/h4-12,14-15,19,25-26H,13,16-18H2,1-3H3. The van der Waals surface area contributed by atoms with Gasteiger partial charge in [-0.15, -0.1) is 0 Å². The average Bonchev–Trinajstić information content (AvgIpc) is 2.74. The minimum absolute atomic E-state index is 0.425. The Bertz CT molecular complexity index is 831. The maximum absolute atomic E-state index is 6.21. The van der Waals surface area contributed by atoms with Crippen molar-refractivity contribution in [3.8, 4) is 5.75 Å². The van der Waals surface area contributed by atoms with Crippen molar-refractivity contribution in [2.75, 3.05) is 51.5 Å². The molecule has 1 aliphatic rings. The van der Waals surface area contributed by atoms with Gasteiger partial charge in [0.25, 0.3) is 0 Å². The highest BCUT2D eigenvalue weighted by atomic mass is 16.5. The van der Waals surface area contributed by atoms with Gasteiger partial charge in [-0.05, 0) is 62.9 Å². The molecule has 154 valence electrons. The third-order valence-electron chi connectivity index (χ3n) is 4.80. The van der Waals surface area contributed by atoms with Gasteiger partial charge in [-0.25, -0.2) is 0 Å². The second kappa shape index (κ2) is 10.6. The third-order valence-corrected chi connectivity index (χ3v) is 4.80. The zero-order valence-electron chi connectivity index (χ0n) is 17.5. The number of anilines is 3. The summed E-state index contributed by atoms with van der Waals surface area (Å²) in [5, 5.41) is 7.06. The topological polar surface area (TPSA) is 45.8 Å². The van der Waals surface area contributed by atoms with E-state index in [1.165, 1.54) is 0 Å². The van der Waals surface area contributed by atoms with E-state index >= 15 is 0 Å². The van der Waals surface area contributed by atoms with Gasteiger partial charge in [0.1, 0.15) is 12.4 Å². The summed E-state index contributed by atoms with van der Waals surface area (Å²) in [7, 11) is 5.80. The summed E-state index contributed by atoms with van der Waals surface area (Å²) in [5.74, 6) is 2.21. The van der Waals surface area contributed by atoms with E-state index in [1.54, 1.807) is 7.11 Å². The number of nitrogens with zero attached hydrogens (tertiary/aromatic N) is 1. The van der Waals surface area contributed by atoms with E-state index in [9.17, 15) is 0 Å². The summed E-state index contributed by atoms with van der Waals surface area (Å²) >= 11 is 0. The van der Waals surface area contributed by atoms with Crippen LogP contribution in [-0.4, -0.2) is 45.8 Å². The first-order valence-corrected chi connectivity index (χ1v) is 10.0. The van der Waals surface area contributed by atoms with Gasteiger partial charge in [-0.1, -0.05) is 30.3 Å². The lowest BCUT2D eigenvalue weighted by molar-refractivity contribution is 0.263. The van der Waals surface area contributed by atoms with E-state index in [-0.39, 0.29) is 0 Å². The lowest BCUT2D eigenvalue weighted by atomic mass is 10.00. The Balaban J connectivity index is 1.73. The molecule has 29 heavy (non-hydrogen) atoms. The molecule has 0 heterocycles. The minimum Gasteiger partial charge on any atom is -0.497 e. The summed E-state index contributed by atoms with van der Waals surface area (Å²) < 4.78 is 11.5. The quantitative estimate of drug-likeness (QED) is 0.602. The van der Waals surface area contributed by atoms with Crippen molar-refractivity contribution >= 4 is 17.1 Å². The minimum atomic E-state index is 0.425. The molecule has 2 N–H and O–H groups in total. The van der Waals surface area contributed by atoms with Crippen LogP contribution in [0.5, 0.6) is 5.75 Å². The van der Waals surface area contributed by atoms with Gasteiger partial charge in [0, 0.05) is 18.8 Å². The predicted molar refractivity (Wildman–Crippen MR) is 121 cm³/mol. The molecule has 0 aliphatic heterocycles. The molecular formula is C24H31N3O2. The van der Waals surface area contributed by atoms with Crippen molar-refractivity contribution in [1.29, 1.82) is 0 Å². The molecule has 1 atom stereocenters. The van der Waals surface area contributed by atoms with E-state index in [0.717, 1.165) is 48.1 Å². The summed E-state index contributed by atoms with van der Waals surface area (Å²) in [6.07, 6.45) is 7.34. The van der Waals surface area contributed by atoms with Gasteiger partial charge >= 0.3 is 0 Å². The van der Waals surface area contributed by atoms with Crippen LogP contribution in [0.3, 0.4) is 0 Å². The number of para-hydroxylation sites is 2. The summed E-state index contributed by atoms with van der Waals surface area (Å²) in [6.45, 7) is 2.32. The monoisotopic (exact) mass is 393 g/mol. The second-order valence-corrected chi connectivity index (χ2v) is 7.37. The highest BCUT2D eigenvalue weighted by Crippen LogP contribution is 2.35. The van der Waals surface area contributed by atoms with Crippen LogP contribution in [0, 0.1) is 5.92 Å². The molecule has 2 aromatic carbocycles. The Morgan fingerprint density at radius 2 is 1.83 bits per heavy atom. The number of rotatable bonds is 10. The molecule has 0 radical (unpaired) electrons. The fourth-order valence-corrected chi connectivity index (χ4v) is 3.13. The maximum atomic E-state index is 6.21. The van der Waals surface area contributed by atoms with Crippen molar-refractivity contribution in [3.05, 3.63) is 72.5 Å². The molecule has 0 spiro atoms. The first-order valence-electron chi connectivity index (χ1n) is 10.0. The van der Waals surface area contributed by atoms with Gasteiger partial charge in [-0.2, -0.15) is 0 Å². The molecular weight excluding hydrogens is 362 g/mol. The number of ether oxygens (including phenoxy) is 2. The SMILES string of the molecule is COC1=CCC(CNc2cccc(Nc3ccccc3)c2OCCN(C)C)C=C1. The lowest BCUT2D eigenvalue weighted by Gasteiger charge is -2.21. The fraction of sp³-hybridized carbons (Fsp3) is 0.333. The van der Waals surface area contributed by atoms with Crippen LogP contribution in [0.4, 0.5) is 17.1 Å². The van der Waals surface area contributed by atoms with Crippen LogP contribution in [-0.2, 0) is 4.74 Å². The molecule has 5 nitrogen and oxygen atoms in total. The van der Waals surface area contributed by atoms with E-state index in [1.807, 2.05) is 44.4 Å². The van der Waals surface area contributed by atoms with Crippen LogP contribution >= 0.6 is 0 Å². The van der Waals surface area contributed by atoms with Crippen molar-refractivity contribution in [1.82, 2.24) is 4.90 Å². The average molecular weight is 394 g/mol. The van der Waals surface area contributed by atoms with Crippen LogP contribution in [0.15, 0.2) is 72.5 Å². The number of benzene rings is 2. The molecule has 0 fully saturated rings. The van der Waals surface area contributed by atoms with Gasteiger partial charge in [0.05, 0.1) is 18.5 Å². The van der Waals surface area contributed by atoms with E-state index in [0.29, 0.717) is 12.5 Å². The molecule has 2 aromatic rings. The van der Waals surface area contributed by atoms with Crippen LogP contribution in [0.25, 0.3) is 0 Å². The summed E-state index contributed by atoms with van der Waals surface area (Å²) in [6, 6.07) is 16.3. The number of hydrogen-bond donors (Lipinski definition) is 2. The normalized spacial score (nSPS) is 15.7. The second-order valence-electron chi connectivity index (χ2n) is 7.37. The van der Waals surface area contributed by atoms with Gasteiger partial charge in [0.15, 0.2) is 5.75 Å². The Morgan fingerprint density at radius 1 is 1.03 bits per heavy atom. The Kier molecular flexibility index (Phi) is 7.59. The zero-order chi connectivity index (χ0) is 20.5. The van der Waals surface area contributed by atoms with E-state index in [2.05, 4.69) is 52.0 Å². The summed E-state index contributed by atoms with van der Waals surface area (Å²) in [5.41, 5.74) is 3.00. The largest absolute Gasteiger partial charge is 0.497 e. The van der Waals surface area contributed by atoms with Crippen LogP contribution < -0.4 is 15.4 Å². The van der Waals surface area contributed by atoms with Crippen molar-refractivity contribution in [2.24, 2.45) is 5.92 Å². The number of hydrogen-bond acceptors (Lipinski definition) is 5. The lowest BCUT2D eigenvalue weighted by Crippen LogP contribution is -2.20. The van der Waals surface area contributed by atoms with Gasteiger partial charge in [0.2, 0.25) is 0 Å². The third kappa shape index (κ3) is 6.29. The molecule has 0 aromatic heterocycles. The molecule has 0 saturated heterocycles. The number of nitrogens with one attached hydrogen (secondary N) is 2. The van der Waals surface area contributed by atoms with Gasteiger partial charge < -0.3 is 25.0 Å². The smallest absolute Gasteiger partial charge is 0.165 e. The van der Waals surface area contributed by atoms with Crippen LogP contribution in [0.1, 0.15) is 6.42 Å². The van der Waals surface area contributed by atoms with E-state index < -0.39 is 0 Å². The first kappa shape index (κ1) is 20.8. The number of likely N-dealkylation sites (N-methyl/N-ethyl adjacent to an activating group) is 1. The van der Waals surface area contributed by atoms with Gasteiger partial charge in [-0.3, -0.25) is 0 Å². The molecule has 1 unspecified atom stereocenters. The molecule has 1 aliphatic carbocycles. The highest BCUT2D eigenvalue weighted by molar-refractivity contribution is 5.75. The molecule has 0 amide bonds. The molecule has 0 saturated carbocycles. The van der Waals surface area contributed by atoms with Crippen molar-refractivity contribution in [2.45, 2.75) is 6.42 Å². The highest BCUT2D eigenvalue weighted by Gasteiger charge is 2.14. The summed E-state index contributed by atoms with van der Waals surface area (Å²) in [4.78, 5) is 2.12. The maximum Gasteiger partial charge on any atom is 0.165 e. The Hall–Kier alpha value is -2.92. The molecule has 3 rings (SSSR count). The van der Waals surface area contributed by atoms with E-state index in [4.69, 9.17) is 9.47 Å². The van der Waals surface area contributed by atoms with Crippen LogP contribution in [0.2, 0.25) is 0 Å². The van der Waals surface area contributed by atoms with Crippen molar-refractivity contribution in [3.63, 3.8) is 0 Å². The molecule has 0 bridgehead atoms. The molecule has 5 heteroatoms. The number of allylic oxidation sites excluding steroid dienone is 2. The number of methoxy groups -OCH3 is 1. The predicted octanol–water partition coefficient (Wildman–Crippen LogP) is 4.89.